The smallest absolute Gasteiger partial charge is 0.357 e. The van der Waals surface area contributed by atoms with Gasteiger partial charge in [0.05, 0.1) is 13.2 Å². The Morgan fingerprint density at radius 3 is 2.00 bits per heavy atom. The van der Waals surface area contributed by atoms with Crippen molar-refractivity contribution < 1.29 is 13.6 Å². The molecule has 5 heteroatoms. The van der Waals surface area contributed by atoms with Crippen LogP contribution in [0.1, 0.15) is 37.7 Å². The minimum Gasteiger partial charge on any atom is -0.368 e. The molecule has 0 spiro atoms. The summed E-state index contributed by atoms with van der Waals surface area (Å²) in [6, 6.07) is 17.8. The van der Waals surface area contributed by atoms with E-state index in [1.54, 1.807) is 0 Å². The van der Waals surface area contributed by atoms with Gasteiger partial charge in [-0.15, -0.1) is 0 Å². The predicted molar refractivity (Wildman–Crippen MR) is 99.5 cm³/mol. The molecular formula is C19H26NO3P. The van der Waals surface area contributed by atoms with Crippen molar-refractivity contribution in [2.75, 3.05) is 18.5 Å². The number of benzene rings is 2. The highest BCUT2D eigenvalue weighted by molar-refractivity contribution is 7.54. The molecule has 0 aliphatic rings. The molecule has 0 aliphatic carbocycles. The van der Waals surface area contributed by atoms with E-state index in [9.17, 15) is 4.57 Å². The lowest BCUT2D eigenvalue weighted by Gasteiger charge is -2.28. The van der Waals surface area contributed by atoms with Gasteiger partial charge in [0, 0.05) is 5.69 Å². The molecule has 2 aromatic rings. The van der Waals surface area contributed by atoms with E-state index in [4.69, 9.17) is 9.05 Å². The second-order valence-corrected chi connectivity index (χ2v) is 7.50. The summed E-state index contributed by atoms with van der Waals surface area (Å²) in [7, 11) is -3.35. The fourth-order valence-corrected chi connectivity index (χ4v) is 4.46. The fourth-order valence-electron chi connectivity index (χ4n) is 2.52. The van der Waals surface area contributed by atoms with Crippen LogP contribution in [0.2, 0.25) is 0 Å². The van der Waals surface area contributed by atoms with Crippen molar-refractivity contribution in [3.05, 3.63) is 65.7 Å². The molecule has 0 radical (unpaired) electrons. The highest BCUT2D eigenvalue weighted by Crippen LogP contribution is 2.60. The standard InChI is InChI=1S/C19H26NO3P/c1-4-16-12-14-18(15-13-16)20-19(17-10-8-7-9-11-17)24(21,22-5-2)23-6-3/h7-15,19-20H,4-6H2,1-3H3/t19-/m1/s1. The third kappa shape index (κ3) is 4.70. The van der Waals surface area contributed by atoms with Crippen molar-refractivity contribution in [3.63, 3.8) is 0 Å². The molecule has 0 heterocycles. The first kappa shape index (κ1) is 18.7. The molecule has 2 aromatic carbocycles. The van der Waals surface area contributed by atoms with Crippen LogP contribution in [0.3, 0.4) is 0 Å². The van der Waals surface area contributed by atoms with Gasteiger partial charge in [0.2, 0.25) is 0 Å². The van der Waals surface area contributed by atoms with E-state index in [1.165, 1.54) is 5.56 Å². The van der Waals surface area contributed by atoms with Crippen molar-refractivity contribution in [1.29, 1.82) is 0 Å². The average molecular weight is 347 g/mol. The van der Waals surface area contributed by atoms with E-state index in [-0.39, 0.29) is 0 Å². The molecule has 4 nitrogen and oxygen atoms in total. The Balaban J connectivity index is 2.36. The van der Waals surface area contributed by atoms with Gasteiger partial charge in [-0.3, -0.25) is 4.57 Å². The topological polar surface area (TPSA) is 47.6 Å². The summed E-state index contributed by atoms with van der Waals surface area (Å²) in [4.78, 5) is 0. The molecule has 0 aliphatic heterocycles. The number of hydrogen-bond donors (Lipinski definition) is 1. The first-order valence-corrected chi connectivity index (χ1v) is 10.0. The summed E-state index contributed by atoms with van der Waals surface area (Å²) in [6.07, 6.45) is 0.985. The van der Waals surface area contributed by atoms with E-state index >= 15 is 0 Å². The van der Waals surface area contributed by atoms with Gasteiger partial charge in [0.15, 0.2) is 5.78 Å². The molecule has 0 unspecified atom stereocenters. The van der Waals surface area contributed by atoms with Crippen LogP contribution in [0.4, 0.5) is 5.69 Å². The minimum absolute atomic E-state index is 0.330. The Hall–Kier alpha value is -1.61. The number of anilines is 1. The number of hydrogen-bond acceptors (Lipinski definition) is 4. The van der Waals surface area contributed by atoms with Gasteiger partial charge in [-0.25, -0.2) is 0 Å². The predicted octanol–water partition coefficient (Wildman–Crippen LogP) is 5.63. The van der Waals surface area contributed by atoms with Crippen LogP contribution in [-0.2, 0) is 20.0 Å². The maximum absolute atomic E-state index is 13.3. The Kier molecular flexibility index (Phi) is 7.04. The quantitative estimate of drug-likeness (QED) is 0.598. The SMILES string of the molecule is CCOP(=O)(OCC)[C@@H](Nc1ccc(CC)cc1)c1ccccc1. The molecule has 0 aromatic heterocycles. The third-order valence-corrected chi connectivity index (χ3v) is 6.01. The van der Waals surface area contributed by atoms with E-state index in [2.05, 4.69) is 24.4 Å². The highest BCUT2D eigenvalue weighted by Gasteiger charge is 2.36. The zero-order valence-electron chi connectivity index (χ0n) is 14.6. The summed E-state index contributed by atoms with van der Waals surface area (Å²) >= 11 is 0. The fraction of sp³-hybridized carbons (Fsp3) is 0.368. The molecule has 0 fully saturated rings. The summed E-state index contributed by atoms with van der Waals surface area (Å²) < 4.78 is 24.5. The lowest BCUT2D eigenvalue weighted by atomic mass is 10.1. The first-order chi connectivity index (χ1) is 11.6. The van der Waals surface area contributed by atoms with Gasteiger partial charge in [-0.2, -0.15) is 0 Å². The molecule has 1 N–H and O–H groups in total. The third-order valence-electron chi connectivity index (χ3n) is 3.72. The largest absolute Gasteiger partial charge is 0.368 e. The van der Waals surface area contributed by atoms with Gasteiger partial charge in [0.1, 0.15) is 0 Å². The van der Waals surface area contributed by atoms with E-state index in [0.717, 1.165) is 17.7 Å². The summed E-state index contributed by atoms with van der Waals surface area (Å²) in [5.41, 5.74) is 3.03. The van der Waals surface area contributed by atoms with Crippen LogP contribution >= 0.6 is 7.60 Å². The van der Waals surface area contributed by atoms with Crippen LogP contribution in [0.15, 0.2) is 54.6 Å². The monoisotopic (exact) mass is 347 g/mol. The molecule has 24 heavy (non-hydrogen) atoms. The van der Waals surface area contributed by atoms with Gasteiger partial charge in [0.25, 0.3) is 0 Å². The van der Waals surface area contributed by atoms with Crippen LogP contribution in [0.25, 0.3) is 0 Å². The summed E-state index contributed by atoms with van der Waals surface area (Å²) in [6.45, 7) is 6.43. The maximum atomic E-state index is 13.3. The van der Waals surface area contributed by atoms with Crippen molar-refractivity contribution in [1.82, 2.24) is 0 Å². The molecule has 0 bridgehead atoms. The van der Waals surface area contributed by atoms with Crippen LogP contribution in [0, 0.1) is 0 Å². The lowest BCUT2D eigenvalue weighted by Crippen LogP contribution is -2.15. The van der Waals surface area contributed by atoms with Crippen molar-refractivity contribution >= 4 is 13.3 Å². The van der Waals surface area contributed by atoms with Crippen molar-refractivity contribution in [2.45, 2.75) is 33.0 Å². The van der Waals surface area contributed by atoms with Crippen LogP contribution in [-0.4, -0.2) is 13.2 Å². The Bertz CT molecular complexity index is 648. The average Bonchev–Trinajstić information content (AvgIpc) is 2.61. The molecular weight excluding hydrogens is 321 g/mol. The molecule has 0 saturated carbocycles. The van der Waals surface area contributed by atoms with Gasteiger partial charge >= 0.3 is 7.60 Å². The second kappa shape index (κ2) is 9.03. The molecule has 2 rings (SSSR count). The molecule has 0 amide bonds. The Morgan fingerprint density at radius 2 is 1.50 bits per heavy atom. The van der Waals surface area contributed by atoms with Crippen LogP contribution in [0.5, 0.6) is 0 Å². The molecule has 0 saturated heterocycles. The maximum Gasteiger partial charge on any atom is 0.357 e. The normalized spacial score (nSPS) is 12.8. The van der Waals surface area contributed by atoms with E-state index in [0.29, 0.717) is 13.2 Å². The van der Waals surface area contributed by atoms with Crippen molar-refractivity contribution in [2.24, 2.45) is 0 Å². The van der Waals surface area contributed by atoms with E-state index < -0.39 is 13.4 Å². The summed E-state index contributed by atoms with van der Waals surface area (Å²) in [5.74, 6) is -0.550. The Morgan fingerprint density at radius 1 is 0.917 bits per heavy atom. The van der Waals surface area contributed by atoms with Crippen molar-refractivity contribution in [3.8, 4) is 0 Å². The Labute approximate surface area is 144 Å². The highest BCUT2D eigenvalue weighted by atomic mass is 31.2. The lowest BCUT2D eigenvalue weighted by molar-refractivity contribution is 0.214. The number of rotatable bonds is 9. The van der Waals surface area contributed by atoms with E-state index in [1.807, 2.05) is 56.3 Å². The zero-order chi connectivity index (χ0) is 17.4. The number of aryl methyl sites for hydroxylation is 1. The summed E-state index contributed by atoms with van der Waals surface area (Å²) in [5, 5.41) is 3.34. The second-order valence-electron chi connectivity index (χ2n) is 5.38. The van der Waals surface area contributed by atoms with Crippen LogP contribution < -0.4 is 5.32 Å². The van der Waals surface area contributed by atoms with Gasteiger partial charge in [-0.1, -0.05) is 49.4 Å². The number of nitrogens with one attached hydrogen (secondary N) is 1. The first-order valence-electron chi connectivity index (χ1n) is 8.42. The van der Waals surface area contributed by atoms with Gasteiger partial charge in [-0.05, 0) is 43.5 Å². The molecule has 1 atom stereocenters. The van der Waals surface area contributed by atoms with Gasteiger partial charge < -0.3 is 14.4 Å². The molecule has 130 valence electrons. The zero-order valence-corrected chi connectivity index (χ0v) is 15.5. The minimum atomic E-state index is -3.35.